The lowest BCUT2D eigenvalue weighted by Gasteiger charge is -2.50. The van der Waals surface area contributed by atoms with Crippen molar-refractivity contribution < 1.29 is 18.9 Å². The van der Waals surface area contributed by atoms with Crippen LogP contribution in [0, 0.1) is 0 Å². The third-order valence-electron chi connectivity index (χ3n) is 6.81. The Balaban J connectivity index is 1.60. The molecule has 2 spiro atoms. The van der Waals surface area contributed by atoms with Crippen LogP contribution in [0.1, 0.15) is 56.7 Å². The van der Waals surface area contributed by atoms with Gasteiger partial charge >= 0.3 is 0 Å². The average molecular weight is 465 g/mol. The summed E-state index contributed by atoms with van der Waals surface area (Å²) < 4.78 is 27.4. The zero-order valence-corrected chi connectivity index (χ0v) is 19.0. The van der Waals surface area contributed by atoms with Crippen molar-refractivity contribution in [2.75, 3.05) is 26.1 Å². The van der Waals surface area contributed by atoms with Gasteiger partial charge in [-0.05, 0) is 44.8 Å². The van der Waals surface area contributed by atoms with E-state index in [0.717, 1.165) is 62.8 Å². The van der Waals surface area contributed by atoms with Crippen LogP contribution >= 0.6 is 23.4 Å². The summed E-state index contributed by atoms with van der Waals surface area (Å²) in [5.74, 6) is -0.384. The van der Waals surface area contributed by atoms with Crippen LogP contribution in [0.4, 0.5) is 0 Å². The van der Waals surface area contributed by atoms with Gasteiger partial charge in [-0.3, -0.25) is 0 Å². The number of fused-ring (bicyclic) bond motifs is 5. The van der Waals surface area contributed by atoms with Crippen LogP contribution in [0.2, 0.25) is 5.15 Å². The van der Waals surface area contributed by atoms with E-state index >= 15 is 0 Å². The third kappa shape index (κ3) is 2.90. The highest BCUT2D eigenvalue weighted by Gasteiger charge is 2.64. The van der Waals surface area contributed by atoms with E-state index in [4.69, 9.17) is 40.6 Å². The molecule has 1 aliphatic carbocycles. The minimum atomic E-state index is -0.851. The van der Waals surface area contributed by atoms with Gasteiger partial charge in [-0.1, -0.05) is 23.4 Å². The largest absolute Gasteiger partial charge is 0.460 e. The van der Waals surface area contributed by atoms with E-state index in [1.54, 1.807) is 0 Å². The van der Waals surface area contributed by atoms with Gasteiger partial charge in [0.25, 0.3) is 0 Å². The summed E-state index contributed by atoms with van der Waals surface area (Å²) in [4.78, 5) is 9.20. The van der Waals surface area contributed by atoms with Gasteiger partial charge in [0, 0.05) is 18.6 Å². The predicted octanol–water partition coefficient (Wildman–Crippen LogP) is 4.32. The lowest BCUT2D eigenvalue weighted by Crippen LogP contribution is -2.59. The molecular weight excluding hydrogens is 440 g/mol. The standard InChI is InChI=1S/C21H25ClN4O4S/c1-31-19-24-17(22)15-16-13(12-23-26(16)14-6-2-5-9-27-14)20(30-18(15)25-19)7-3-4-8-21(20)28-10-11-29-21/h12,14H,2-11H2,1H3. The first-order valence-corrected chi connectivity index (χ1v) is 12.6. The van der Waals surface area contributed by atoms with Crippen LogP contribution in [-0.2, 0) is 19.8 Å². The molecule has 0 amide bonds. The second-order valence-electron chi connectivity index (χ2n) is 8.44. The van der Waals surface area contributed by atoms with E-state index in [-0.39, 0.29) is 6.23 Å². The van der Waals surface area contributed by atoms with E-state index in [1.807, 2.05) is 17.1 Å². The summed E-state index contributed by atoms with van der Waals surface area (Å²) in [5, 5.41) is 5.72. The second-order valence-corrected chi connectivity index (χ2v) is 9.57. The number of hydrogen-bond acceptors (Lipinski definition) is 8. The number of halogens is 1. The van der Waals surface area contributed by atoms with E-state index in [2.05, 4.69) is 4.98 Å². The van der Waals surface area contributed by atoms with Crippen molar-refractivity contribution in [2.45, 2.75) is 67.7 Å². The zero-order chi connectivity index (χ0) is 21.1. The van der Waals surface area contributed by atoms with Crippen molar-refractivity contribution in [1.82, 2.24) is 19.7 Å². The first-order valence-electron chi connectivity index (χ1n) is 11.0. The minimum absolute atomic E-state index is 0.151. The Kier molecular flexibility index (Phi) is 4.95. The number of hydrogen-bond donors (Lipinski definition) is 0. The number of thioether (sulfide) groups is 1. The van der Waals surface area contributed by atoms with Crippen LogP contribution in [-0.4, -0.2) is 51.6 Å². The molecule has 10 heteroatoms. The summed E-state index contributed by atoms with van der Waals surface area (Å²) in [6.07, 6.45) is 10.3. The normalized spacial score (nSPS) is 29.0. The number of ether oxygens (including phenoxy) is 4. The van der Waals surface area contributed by atoms with Crippen molar-refractivity contribution in [3.63, 3.8) is 0 Å². The number of nitrogens with zero attached hydrogens (tertiary/aromatic N) is 4. The maximum Gasteiger partial charge on any atom is 0.229 e. The van der Waals surface area contributed by atoms with E-state index in [1.165, 1.54) is 11.8 Å². The fourth-order valence-electron chi connectivity index (χ4n) is 5.45. The molecule has 0 N–H and O–H groups in total. The van der Waals surface area contributed by atoms with Crippen LogP contribution in [0.15, 0.2) is 11.4 Å². The molecule has 2 aromatic heterocycles. The van der Waals surface area contributed by atoms with Gasteiger partial charge in [0.05, 0.1) is 25.1 Å². The summed E-state index contributed by atoms with van der Waals surface area (Å²) >= 11 is 8.15. The zero-order valence-electron chi connectivity index (χ0n) is 17.4. The monoisotopic (exact) mass is 464 g/mol. The Labute approximate surface area is 190 Å². The fraction of sp³-hybridized carbons (Fsp3) is 0.667. The maximum atomic E-state index is 6.76. The minimum Gasteiger partial charge on any atom is -0.460 e. The summed E-state index contributed by atoms with van der Waals surface area (Å²) in [7, 11) is 0. The van der Waals surface area contributed by atoms with Crippen LogP contribution < -0.4 is 4.74 Å². The molecule has 6 rings (SSSR count). The molecule has 3 fully saturated rings. The molecule has 2 saturated heterocycles. The van der Waals surface area contributed by atoms with Crippen molar-refractivity contribution >= 4 is 23.4 Å². The van der Waals surface area contributed by atoms with Gasteiger partial charge in [0.2, 0.25) is 11.7 Å². The molecule has 0 bridgehead atoms. The molecule has 0 radical (unpaired) electrons. The molecule has 8 nitrogen and oxygen atoms in total. The smallest absolute Gasteiger partial charge is 0.229 e. The van der Waals surface area contributed by atoms with E-state index in [9.17, 15) is 0 Å². The molecule has 0 aromatic carbocycles. The topological polar surface area (TPSA) is 80.5 Å². The number of aromatic nitrogens is 4. The third-order valence-corrected chi connectivity index (χ3v) is 7.64. The molecule has 1 saturated carbocycles. The Morgan fingerprint density at radius 2 is 1.94 bits per heavy atom. The van der Waals surface area contributed by atoms with E-state index < -0.39 is 11.4 Å². The Morgan fingerprint density at radius 1 is 1.10 bits per heavy atom. The van der Waals surface area contributed by atoms with E-state index in [0.29, 0.717) is 35.0 Å². The molecule has 166 valence electrons. The highest BCUT2D eigenvalue weighted by atomic mass is 35.5. The highest BCUT2D eigenvalue weighted by molar-refractivity contribution is 7.98. The molecule has 2 atom stereocenters. The molecule has 31 heavy (non-hydrogen) atoms. The quantitative estimate of drug-likeness (QED) is 0.369. The Hall–Kier alpha value is -1.39. The predicted molar refractivity (Wildman–Crippen MR) is 114 cm³/mol. The summed E-state index contributed by atoms with van der Waals surface area (Å²) in [6, 6.07) is 0. The second kappa shape index (κ2) is 7.59. The first kappa shape index (κ1) is 20.2. The molecule has 4 aliphatic rings. The van der Waals surface area contributed by atoms with Crippen molar-refractivity contribution in [2.24, 2.45) is 0 Å². The highest BCUT2D eigenvalue weighted by Crippen LogP contribution is 2.58. The summed E-state index contributed by atoms with van der Waals surface area (Å²) in [5.41, 5.74) is 1.64. The van der Waals surface area contributed by atoms with Crippen molar-refractivity contribution in [1.29, 1.82) is 0 Å². The van der Waals surface area contributed by atoms with Gasteiger partial charge in [-0.2, -0.15) is 10.1 Å². The van der Waals surface area contributed by atoms with Crippen LogP contribution in [0.25, 0.3) is 11.3 Å². The SMILES string of the molecule is CSc1nc(Cl)c2c(n1)OC1(CCCCC13OCCO3)c1cnn(C3CCCCO3)c1-2. The molecule has 2 aromatic rings. The molecular formula is C21H25ClN4O4S. The van der Waals surface area contributed by atoms with Gasteiger partial charge < -0.3 is 18.9 Å². The van der Waals surface area contributed by atoms with Gasteiger partial charge in [0.15, 0.2) is 17.0 Å². The van der Waals surface area contributed by atoms with Gasteiger partial charge in [-0.15, -0.1) is 0 Å². The average Bonchev–Trinajstić information content (AvgIpc) is 3.45. The Bertz CT molecular complexity index is 1010. The molecule has 5 heterocycles. The lowest BCUT2D eigenvalue weighted by atomic mass is 9.72. The van der Waals surface area contributed by atoms with Crippen molar-refractivity contribution in [3.05, 3.63) is 16.9 Å². The summed E-state index contributed by atoms with van der Waals surface area (Å²) in [6.45, 7) is 1.82. The Morgan fingerprint density at radius 3 is 2.71 bits per heavy atom. The van der Waals surface area contributed by atoms with Crippen LogP contribution in [0.5, 0.6) is 5.88 Å². The molecule has 3 aliphatic heterocycles. The van der Waals surface area contributed by atoms with Gasteiger partial charge in [0.1, 0.15) is 10.7 Å². The van der Waals surface area contributed by atoms with Gasteiger partial charge in [-0.25, -0.2) is 9.67 Å². The van der Waals surface area contributed by atoms with Crippen LogP contribution in [0.3, 0.4) is 0 Å². The lowest BCUT2D eigenvalue weighted by molar-refractivity contribution is -0.283. The fourth-order valence-corrected chi connectivity index (χ4v) is 6.10. The number of rotatable bonds is 2. The first-order chi connectivity index (χ1) is 15.2. The maximum absolute atomic E-state index is 6.76. The molecule has 2 unspecified atom stereocenters. The van der Waals surface area contributed by atoms with Crippen molar-refractivity contribution in [3.8, 4) is 17.1 Å².